The predicted molar refractivity (Wildman–Crippen MR) is 214 cm³/mol. The summed E-state index contributed by atoms with van der Waals surface area (Å²) in [5.41, 5.74) is 12.5. The first-order valence-electron chi connectivity index (χ1n) is 14.2. The second-order valence-electron chi connectivity index (χ2n) is 12.0. The van der Waals surface area contributed by atoms with Crippen molar-refractivity contribution in [2.75, 3.05) is 0 Å². The molecule has 1 aliphatic heterocycles. The van der Waals surface area contributed by atoms with Crippen molar-refractivity contribution in [3.05, 3.63) is 105 Å². The third-order valence-corrected chi connectivity index (χ3v) is 13.5. The zero-order chi connectivity index (χ0) is 30.3. The van der Waals surface area contributed by atoms with Crippen LogP contribution in [0.2, 0.25) is 0 Å². The Kier molecular flexibility index (Phi) is 8.10. The molecule has 2 nitrogen and oxygen atoms in total. The predicted octanol–water partition coefficient (Wildman–Crippen LogP) is 11.1. The summed E-state index contributed by atoms with van der Waals surface area (Å²) in [5.74, 6) is 0. The molecule has 1 saturated heterocycles. The minimum atomic E-state index is -0.533. The van der Waals surface area contributed by atoms with Gasteiger partial charge in [0.1, 0.15) is 0 Å². The zero-order valence-corrected chi connectivity index (χ0v) is 32.7. The Morgan fingerprint density at radius 3 is 1.00 bits per heavy atom. The third kappa shape index (κ3) is 4.80. The van der Waals surface area contributed by atoms with Crippen LogP contribution in [-0.4, -0.2) is 18.3 Å². The molecule has 0 amide bonds. The highest BCUT2D eigenvalue weighted by atomic mass is 127. The molecule has 0 spiro atoms. The lowest BCUT2D eigenvalue weighted by atomic mass is 9.73. The van der Waals surface area contributed by atoms with E-state index in [1.807, 2.05) is 0 Å². The first-order valence-corrected chi connectivity index (χ1v) is 18.5. The van der Waals surface area contributed by atoms with Crippen LogP contribution in [0.15, 0.2) is 91.0 Å². The quantitative estimate of drug-likeness (QED) is 0.130. The summed E-state index contributed by atoms with van der Waals surface area (Å²) < 4.78 is 18.9. The molecule has 0 aromatic heterocycles. The topological polar surface area (TPSA) is 18.5 Å². The highest BCUT2D eigenvalue weighted by Crippen LogP contribution is 2.53. The van der Waals surface area contributed by atoms with Crippen molar-refractivity contribution in [3.8, 4) is 55.6 Å². The minimum absolute atomic E-state index is 0.476. The second-order valence-corrected chi connectivity index (χ2v) is 16.3. The van der Waals surface area contributed by atoms with E-state index in [1.54, 1.807) is 0 Å². The molecule has 0 aromatic rings. The van der Waals surface area contributed by atoms with E-state index in [2.05, 4.69) is 209 Å². The van der Waals surface area contributed by atoms with E-state index in [0.717, 1.165) is 5.46 Å². The van der Waals surface area contributed by atoms with Crippen LogP contribution in [0.5, 0.6) is 0 Å². The Balaban J connectivity index is 1.67. The molecular weight excluding hydrogens is 983 g/mol. The number of halogens is 4. The van der Waals surface area contributed by atoms with E-state index in [4.69, 9.17) is 9.31 Å². The fourth-order valence-corrected chi connectivity index (χ4v) is 11.2. The average molecular weight is 1010 g/mol. The first kappa shape index (κ1) is 30.6. The molecule has 214 valence electrons. The van der Waals surface area contributed by atoms with Crippen molar-refractivity contribution < 1.29 is 9.31 Å². The van der Waals surface area contributed by atoms with Crippen molar-refractivity contribution in [1.82, 2.24) is 0 Å². The molecule has 0 bridgehead atoms. The Labute approximate surface area is 308 Å². The monoisotopic (exact) mass is 1010 g/mol. The Morgan fingerprint density at radius 1 is 0.419 bits per heavy atom. The standard InChI is InChI=1S/C36H27BI4O2/c1-35(2)36(3,4)43-37(42-35)30-26(28-31(38)22-16-10-6-11-17-23(22)32(28)39)20-14-8-5-9-15-21(20)27(30)29-33(40)24-18-12-7-13-19-25(24)34(29)41/h5-19H,1-4H3. The fraction of sp³-hybridized carbons (Fsp3) is 0.167. The Morgan fingerprint density at radius 2 is 0.698 bits per heavy atom. The molecule has 0 saturated carbocycles. The lowest BCUT2D eigenvalue weighted by Gasteiger charge is -2.32. The van der Waals surface area contributed by atoms with Gasteiger partial charge >= 0.3 is 7.12 Å². The molecule has 7 heteroatoms. The molecule has 0 radical (unpaired) electrons. The fourth-order valence-electron chi connectivity index (χ4n) is 6.16. The van der Waals surface area contributed by atoms with Crippen molar-refractivity contribution in [1.29, 1.82) is 0 Å². The minimum Gasteiger partial charge on any atom is -0.399 e. The van der Waals surface area contributed by atoms with Crippen LogP contribution in [0.3, 0.4) is 0 Å². The zero-order valence-electron chi connectivity index (χ0n) is 24.1. The van der Waals surface area contributed by atoms with Crippen LogP contribution >= 0.6 is 90.4 Å². The van der Waals surface area contributed by atoms with Crippen LogP contribution in [0.4, 0.5) is 0 Å². The summed E-state index contributed by atoms with van der Waals surface area (Å²) in [6.45, 7) is 8.57. The van der Waals surface area contributed by atoms with Gasteiger partial charge in [-0.3, -0.25) is 0 Å². The molecule has 7 aliphatic rings. The number of hydrogen-bond acceptors (Lipinski definition) is 2. The van der Waals surface area contributed by atoms with Crippen molar-refractivity contribution in [2.24, 2.45) is 0 Å². The molecule has 6 aliphatic carbocycles. The van der Waals surface area contributed by atoms with E-state index < -0.39 is 18.3 Å². The van der Waals surface area contributed by atoms with E-state index in [-0.39, 0.29) is 0 Å². The van der Waals surface area contributed by atoms with E-state index >= 15 is 0 Å². The Bertz CT molecular complexity index is 1740. The normalized spacial score (nSPS) is 16.0. The SMILES string of the molecule is CC1(C)OB(c2c(-c3c(I)c4cccccc-4c3I)c3cccccc-3c2-c2c(I)c3cccccc-3c2I)OC1(C)C. The highest BCUT2D eigenvalue weighted by molar-refractivity contribution is 14.1. The Hall–Kier alpha value is -0.995. The summed E-state index contributed by atoms with van der Waals surface area (Å²) in [5, 5.41) is 0. The van der Waals surface area contributed by atoms with Gasteiger partial charge in [0.2, 0.25) is 0 Å². The van der Waals surface area contributed by atoms with Gasteiger partial charge in [-0.15, -0.1) is 0 Å². The lowest BCUT2D eigenvalue weighted by Crippen LogP contribution is -2.41. The molecule has 43 heavy (non-hydrogen) atoms. The van der Waals surface area contributed by atoms with Gasteiger partial charge < -0.3 is 9.31 Å². The molecule has 0 unspecified atom stereocenters. The average Bonchev–Trinajstić information content (AvgIpc) is 3.31. The van der Waals surface area contributed by atoms with Crippen LogP contribution < -0.4 is 5.46 Å². The van der Waals surface area contributed by atoms with Gasteiger partial charge in [-0.05, 0) is 168 Å². The largest absolute Gasteiger partial charge is 0.496 e. The van der Waals surface area contributed by atoms with Crippen LogP contribution in [-0.2, 0) is 9.31 Å². The summed E-state index contributed by atoms with van der Waals surface area (Å²) in [6.07, 6.45) is 0. The van der Waals surface area contributed by atoms with Crippen LogP contribution in [0.25, 0.3) is 55.6 Å². The summed E-state index contributed by atoms with van der Waals surface area (Å²) in [4.78, 5) is 0. The van der Waals surface area contributed by atoms with E-state index in [1.165, 1.54) is 69.9 Å². The molecule has 7 rings (SSSR count). The maximum Gasteiger partial charge on any atom is 0.496 e. The van der Waals surface area contributed by atoms with Crippen molar-refractivity contribution in [2.45, 2.75) is 38.9 Å². The van der Waals surface area contributed by atoms with Crippen LogP contribution in [0.1, 0.15) is 27.7 Å². The van der Waals surface area contributed by atoms with Gasteiger partial charge in [0.05, 0.1) is 11.2 Å². The number of rotatable bonds is 3. The maximum absolute atomic E-state index is 6.93. The van der Waals surface area contributed by atoms with Gasteiger partial charge in [0.15, 0.2) is 0 Å². The number of fused-ring (bicyclic) bond motifs is 3. The maximum atomic E-state index is 6.93. The summed E-state index contributed by atoms with van der Waals surface area (Å²) in [6, 6.07) is 32.7. The second kappa shape index (κ2) is 11.4. The van der Waals surface area contributed by atoms with Gasteiger partial charge in [0, 0.05) is 25.4 Å². The van der Waals surface area contributed by atoms with Gasteiger partial charge in [-0.2, -0.15) is 0 Å². The summed E-state index contributed by atoms with van der Waals surface area (Å²) >= 11 is 10.2. The molecule has 1 heterocycles. The third-order valence-electron chi connectivity index (χ3n) is 9.00. The molecule has 0 atom stereocenters. The molecular formula is C36H27BI4O2. The molecule has 0 N–H and O–H groups in total. The van der Waals surface area contributed by atoms with Crippen molar-refractivity contribution >= 4 is 103 Å². The molecule has 0 aromatic carbocycles. The van der Waals surface area contributed by atoms with E-state index in [9.17, 15) is 0 Å². The summed E-state index contributed by atoms with van der Waals surface area (Å²) in [7, 11) is -0.533. The van der Waals surface area contributed by atoms with Gasteiger partial charge in [-0.25, -0.2) is 0 Å². The van der Waals surface area contributed by atoms with Crippen molar-refractivity contribution in [3.63, 3.8) is 0 Å². The highest BCUT2D eigenvalue weighted by Gasteiger charge is 2.54. The number of hydrogen-bond donors (Lipinski definition) is 0. The smallest absolute Gasteiger partial charge is 0.399 e. The first-order chi connectivity index (χ1) is 20.5. The van der Waals surface area contributed by atoms with Gasteiger partial charge in [0.25, 0.3) is 0 Å². The van der Waals surface area contributed by atoms with Crippen LogP contribution in [0, 0.1) is 14.3 Å². The molecule has 1 fully saturated rings. The van der Waals surface area contributed by atoms with E-state index in [0.29, 0.717) is 0 Å². The van der Waals surface area contributed by atoms with Gasteiger partial charge in [-0.1, -0.05) is 91.0 Å². The lowest BCUT2D eigenvalue weighted by molar-refractivity contribution is 0.00578.